The summed E-state index contributed by atoms with van der Waals surface area (Å²) in [7, 11) is 0. The van der Waals surface area contributed by atoms with Gasteiger partial charge in [-0.1, -0.05) is 0 Å². The normalized spacial score (nSPS) is 11.0. The summed E-state index contributed by atoms with van der Waals surface area (Å²) in [6.45, 7) is 0. The second-order valence-electron chi connectivity index (χ2n) is 4.15. The number of nitrogens with zero attached hydrogens (tertiary/aromatic N) is 1. The third-order valence-corrected chi connectivity index (χ3v) is 2.54. The van der Waals surface area contributed by atoms with Gasteiger partial charge >= 0.3 is 6.18 Å². The lowest BCUT2D eigenvalue weighted by Crippen LogP contribution is -2.06. The first-order chi connectivity index (χ1) is 9.79. The van der Waals surface area contributed by atoms with Crippen molar-refractivity contribution in [1.29, 1.82) is 5.26 Å². The van der Waals surface area contributed by atoms with Crippen LogP contribution in [0.2, 0.25) is 0 Å². The van der Waals surface area contributed by atoms with Crippen LogP contribution >= 0.6 is 0 Å². The van der Waals surface area contributed by atoms with Gasteiger partial charge < -0.3 is 10.5 Å². The molecule has 0 saturated heterocycles. The fourth-order valence-corrected chi connectivity index (χ4v) is 1.62. The third-order valence-electron chi connectivity index (χ3n) is 2.54. The molecule has 0 atom stereocenters. The third kappa shape index (κ3) is 3.42. The number of ether oxygens (including phenoxy) is 1. The first kappa shape index (κ1) is 14.7. The number of alkyl halides is 3. The Morgan fingerprint density at radius 2 is 1.81 bits per heavy atom. The van der Waals surface area contributed by atoms with Crippen LogP contribution in [-0.4, -0.2) is 0 Å². The molecule has 0 radical (unpaired) electrons. The predicted octanol–water partition coefficient (Wildman–Crippen LogP) is 4.09. The molecule has 2 rings (SSSR count). The Balaban J connectivity index is 2.36. The fourth-order valence-electron chi connectivity index (χ4n) is 1.62. The minimum Gasteiger partial charge on any atom is -0.454 e. The first-order valence-electron chi connectivity index (χ1n) is 5.65. The van der Waals surface area contributed by atoms with Crippen LogP contribution in [0, 0.1) is 17.1 Å². The lowest BCUT2D eigenvalue weighted by molar-refractivity contribution is -0.137. The number of nitriles is 1. The van der Waals surface area contributed by atoms with Crippen molar-refractivity contribution in [2.75, 3.05) is 5.73 Å². The van der Waals surface area contributed by atoms with Gasteiger partial charge in [0.25, 0.3) is 0 Å². The van der Waals surface area contributed by atoms with Crippen LogP contribution in [0.25, 0.3) is 0 Å². The molecule has 2 N–H and O–H groups in total. The van der Waals surface area contributed by atoms with E-state index in [4.69, 9.17) is 15.7 Å². The lowest BCUT2D eigenvalue weighted by atomic mass is 10.2. The minimum atomic E-state index is -4.59. The van der Waals surface area contributed by atoms with E-state index in [0.717, 1.165) is 24.3 Å². The summed E-state index contributed by atoms with van der Waals surface area (Å²) in [5.41, 5.74) is 4.30. The van der Waals surface area contributed by atoms with E-state index in [0.29, 0.717) is 6.07 Å². The standard InChI is InChI=1S/C14H8F4N2O/c15-12-3-8(7-19)1-2-13(12)21-11-5-9(14(16,17)18)4-10(20)6-11/h1-6H,20H2. The van der Waals surface area contributed by atoms with Crippen molar-refractivity contribution in [2.45, 2.75) is 6.18 Å². The van der Waals surface area contributed by atoms with Crippen molar-refractivity contribution in [1.82, 2.24) is 0 Å². The number of hydrogen-bond acceptors (Lipinski definition) is 3. The van der Waals surface area contributed by atoms with Gasteiger partial charge in [-0.15, -0.1) is 0 Å². The summed E-state index contributed by atoms with van der Waals surface area (Å²) in [4.78, 5) is 0. The van der Waals surface area contributed by atoms with Crippen molar-refractivity contribution < 1.29 is 22.3 Å². The SMILES string of the molecule is N#Cc1ccc(Oc2cc(N)cc(C(F)(F)F)c2)c(F)c1. The predicted molar refractivity (Wildman–Crippen MR) is 67.0 cm³/mol. The first-order valence-corrected chi connectivity index (χ1v) is 5.65. The Morgan fingerprint density at radius 1 is 1.10 bits per heavy atom. The van der Waals surface area contributed by atoms with Gasteiger partial charge in [0.15, 0.2) is 11.6 Å². The van der Waals surface area contributed by atoms with Crippen LogP contribution in [0.3, 0.4) is 0 Å². The molecule has 0 aliphatic carbocycles. The average molecular weight is 296 g/mol. The molecule has 0 saturated carbocycles. The largest absolute Gasteiger partial charge is 0.454 e. The molecule has 0 amide bonds. The summed E-state index contributed by atoms with van der Waals surface area (Å²) >= 11 is 0. The van der Waals surface area contributed by atoms with Crippen molar-refractivity contribution in [3.05, 3.63) is 53.3 Å². The van der Waals surface area contributed by atoms with Crippen molar-refractivity contribution in [3.63, 3.8) is 0 Å². The van der Waals surface area contributed by atoms with E-state index < -0.39 is 17.6 Å². The van der Waals surface area contributed by atoms with Gasteiger partial charge in [-0.3, -0.25) is 0 Å². The minimum absolute atomic E-state index is 0.0726. The summed E-state index contributed by atoms with van der Waals surface area (Å²) in [5.74, 6) is -1.40. The number of anilines is 1. The molecule has 0 bridgehead atoms. The maximum atomic E-state index is 13.6. The molecule has 21 heavy (non-hydrogen) atoms. The maximum Gasteiger partial charge on any atom is 0.416 e. The van der Waals surface area contributed by atoms with Gasteiger partial charge in [-0.05, 0) is 30.3 Å². The number of nitrogen functional groups attached to an aromatic ring is 1. The Labute approximate surface area is 117 Å². The van der Waals surface area contributed by atoms with E-state index >= 15 is 0 Å². The molecule has 0 unspecified atom stereocenters. The van der Waals surface area contributed by atoms with Crippen LogP contribution in [0.5, 0.6) is 11.5 Å². The average Bonchev–Trinajstić information content (AvgIpc) is 2.39. The molecule has 0 aliphatic rings. The molecule has 0 aromatic heterocycles. The Kier molecular flexibility index (Phi) is 3.72. The molecule has 3 nitrogen and oxygen atoms in total. The van der Waals surface area contributed by atoms with E-state index in [9.17, 15) is 17.6 Å². The quantitative estimate of drug-likeness (QED) is 0.670. The van der Waals surface area contributed by atoms with E-state index in [1.807, 2.05) is 0 Å². The van der Waals surface area contributed by atoms with Gasteiger partial charge in [-0.25, -0.2) is 4.39 Å². The molecule has 0 heterocycles. The Bertz CT molecular complexity index is 720. The summed E-state index contributed by atoms with van der Waals surface area (Å²) in [5, 5.41) is 8.61. The molecule has 2 aromatic rings. The van der Waals surface area contributed by atoms with Crippen LogP contribution in [0.1, 0.15) is 11.1 Å². The number of rotatable bonds is 2. The Morgan fingerprint density at radius 3 is 2.38 bits per heavy atom. The molecule has 108 valence electrons. The highest BCUT2D eigenvalue weighted by atomic mass is 19.4. The van der Waals surface area contributed by atoms with Gasteiger partial charge in [0.05, 0.1) is 17.2 Å². The van der Waals surface area contributed by atoms with E-state index in [-0.39, 0.29) is 22.7 Å². The van der Waals surface area contributed by atoms with Crippen LogP contribution in [0.15, 0.2) is 36.4 Å². The van der Waals surface area contributed by atoms with E-state index in [2.05, 4.69) is 0 Å². The zero-order chi connectivity index (χ0) is 15.6. The second kappa shape index (κ2) is 5.32. The highest BCUT2D eigenvalue weighted by Gasteiger charge is 2.31. The summed E-state index contributed by atoms with van der Waals surface area (Å²) in [6, 6.07) is 7.71. The zero-order valence-corrected chi connectivity index (χ0v) is 10.4. The maximum absolute atomic E-state index is 13.6. The van der Waals surface area contributed by atoms with Crippen LogP contribution in [-0.2, 0) is 6.18 Å². The molecule has 0 aliphatic heterocycles. The molecular formula is C14H8F4N2O. The van der Waals surface area contributed by atoms with Gasteiger partial charge in [0, 0.05) is 11.8 Å². The van der Waals surface area contributed by atoms with Crippen molar-refractivity contribution in [3.8, 4) is 17.6 Å². The summed E-state index contributed by atoms with van der Waals surface area (Å²) in [6.07, 6.45) is -4.59. The van der Waals surface area contributed by atoms with Crippen LogP contribution in [0.4, 0.5) is 23.2 Å². The molecule has 0 fully saturated rings. The summed E-state index contributed by atoms with van der Waals surface area (Å²) < 4.78 is 56.6. The van der Waals surface area contributed by atoms with Crippen molar-refractivity contribution in [2.24, 2.45) is 0 Å². The molecule has 2 aromatic carbocycles. The highest BCUT2D eigenvalue weighted by Crippen LogP contribution is 2.35. The zero-order valence-electron chi connectivity index (χ0n) is 10.4. The fraction of sp³-hybridized carbons (Fsp3) is 0.0714. The molecule has 7 heteroatoms. The van der Waals surface area contributed by atoms with E-state index in [1.54, 1.807) is 6.07 Å². The molecule has 0 spiro atoms. The topological polar surface area (TPSA) is 59.0 Å². The van der Waals surface area contributed by atoms with Gasteiger partial charge in [-0.2, -0.15) is 18.4 Å². The number of nitrogens with two attached hydrogens (primary N) is 1. The number of benzene rings is 2. The number of halogens is 4. The van der Waals surface area contributed by atoms with Crippen LogP contribution < -0.4 is 10.5 Å². The van der Waals surface area contributed by atoms with Gasteiger partial charge in [0.2, 0.25) is 0 Å². The smallest absolute Gasteiger partial charge is 0.416 e. The highest BCUT2D eigenvalue weighted by molar-refractivity contribution is 5.50. The van der Waals surface area contributed by atoms with E-state index in [1.165, 1.54) is 6.07 Å². The molecular weight excluding hydrogens is 288 g/mol. The monoisotopic (exact) mass is 296 g/mol. The lowest BCUT2D eigenvalue weighted by Gasteiger charge is -2.12. The Hall–Kier alpha value is -2.75. The van der Waals surface area contributed by atoms with Gasteiger partial charge in [0.1, 0.15) is 5.75 Å². The number of hydrogen-bond donors (Lipinski definition) is 1. The second-order valence-corrected chi connectivity index (χ2v) is 4.15. The van der Waals surface area contributed by atoms with Crippen molar-refractivity contribution >= 4 is 5.69 Å².